The molecule has 0 saturated carbocycles. The van der Waals surface area contributed by atoms with E-state index in [1.165, 1.54) is 51.4 Å². The van der Waals surface area contributed by atoms with Crippen LogP contribution in [0.25, 0.3) is 0 Å². The summed E-state index contributed by atoms with van der Waals surface area (Å²) >= 11 is 0. The Morgan fingerprint density at radius 3 is 1.51 bits per heavy atom. The fourth-order valence-corrected chi connectivity index (χ4v) is 3.97. The Labute approximate surface area is 217 Å². The van der Waals surface area contributed by atoms with Crippen molar-refractivity contribution < 1.29 is 14.1 Å². The van der Waals surface area contributed by atoms with Crippen molar-refractivity contribution >= 4 is 11.8 Å². The molecule has 0 radical (unpaired) electrons. The monoisotopic (exact) mass is 495 g/mol. The predicted octanol–water partition coefficient (Wildman–Crippen LogP) is 5.28. The largest absolute Gasteiger partial charge is 0.356 e. The number of carbonyl (C=O) groups excluding carboxylic acids is 2. The molecule has 0 aliphatic rings. The van der Waals surface area contributed by atoms with E-state index in [9.17, 15) is 9.59 Å². The van der Waals surface area contributed by atoms with E-state index in [2.05, 4.69) is 62.9 Å². The molecule has 0 aromatic rings. The summed E-state index contributed by atoms with van der Waals surface area (Å²) in [5, 5.41) is 6.06. The average Bonchev–Trinajstić information content (AvgIpc) is 2.78. The predicted molar refractivity (Wildman–Crippen MR) is 150 cm³/mol. The smallest absolute Gasteiger partial charge is 0.219 e. The van der Waals surface area contributed by atoms with E-state index >= 15 is 0 Å². The zero-order valence-corrected chi connectivity index (χ0v) is 24.0. The zero-order valence-electron chi connectivity index (χ0n) is 24.0. The zero-order chi connectivity index (χ0) is 26.2. The van der Waals surface area contributed by atoms with E-state index in [0.717, 1.165) is 69.2 Å². The number of amides is 2. The summed E-state index contributed by atoms with van der Waals surface area (Å²) in [6.07, 6.45) is 22.3. The third-order valence-corrected chi connectivity index (χ3v) is 6.15. The van der Waals surface area contributed by atoms with Crippen LogP contribution >= 0.6 is 0 Å². The SMILES string of the molecule is CN(C)CCCNC(=O)CCCCCCC/C=C/CCCCCCCC(=O)NCCC[N+](C)(C)C. The molecule has 0 spiro atoms. The Balaban J connectivity index is 3.31. The first-order valence-electron chi connectivity index (χ1n) is 14.3. The molecule has 0 bridgehead atoms. The molecular formula is C29H59N4O2+. The molecule has 0 heterocycles. The van der Waals surface area contributed by atoms with Crippen LogP contribution in [-0.4, -0.2) is 82.6 Å². The molecule has 206 valence electrons. The molecule has 2 amide bonds. The van der Waals surface area contributed by atoms with Crippen molar-refractivity contribution in [2.75, 3.05) is 61.4 Å². The van der Waals surface area contributed by atoms with Crippen LogP contribution in [0.15, 0.2) is 12.2 Å². The van der Waals surface area contributed by atoms with Gasteiger partial charge in [0.25, 0.3) is 0 Å². The van der Waals surface area contributed by atoms with Crippen molar-refractivity contribution in [1.82, 2.24) is 15.5 Å². The van der Waals surface area contributed by atoms with Gasteiger partial charge in [-0.3, -0.25) is 9.59 Å². The Bertz CT molecular complexity index is 541. The maximum absolute atomic E-state index is 11.8. The Hall–Kier alpha value is -1.40. The quantitative estimate of drug-likeness (QED) is 0.109. The van der Waals surface area contributed by atoms with Crippen molar-refractivity contribution in [3.05, 3.63) is 12.2 Å². The maximum Gasteiger partial charge on any atom is 0.219 e. The molecule has 0 aromatic carbocycles. The second-order valence-electron chi connectivity index (χ2n) is 11.3. The number of nitrogens with zero attached hydrogens (tertiary/aromatic N) is 2. The van der Waals surface area contributed by atoms with Crippen LogP contribution in [0.3, 0.4) is 0 Å². The normalized spacial score (nSPS) is 11.9. The fraction of sp³-hybridized carbons (Fsp3) is 0.862. The molecule has 0 aliphatic heterocycles. The van der Waals surface area contributed by atoms with E-state index in [1.54, 1.807) is 0 Å². The Kier molecular flexibility index (Phi) is 22.1. The van der Waals surface area contributed by atoms with Crippen LogP contribution in [0.2, 0.25) is 0 Å². The number of unbranched alkanes of at least 4 members (excludes halogenated alkanes) is 10. The molecule has 6 nitrogen and oxygen atoms in total. The van der Waals surface area contributed by atoms with Crippen LogP contribution in [-0.2, 0) is 9.59 Å². The summed E-state index contributed by atoms with van der Waals surface area (Å²) in [5.41, 5.74) is 0. The van der Waals surface area contributed by atoms with Gasteiger partial charge >= 0.3 is 0 Å². The summed E-state index contributed by atoms with van der Waals surface area (Å²) in [7, 11) is 10.7. The van der Waals surface area contributed by atoms with Gasteiger partial charge in [-0.15, -0.1) is 0 Å². The van der Waals surface area contributed by atoms with Crippen molar-refractivity contribution in [1.29, 1.82) is 0 Å². The van der Waals surface area contributed by atoms with Gasteiger partial charge in [0, 0.05) is 32.4 Å². The molecule has 0 aliphatic carbocycles. The molecule has 0 atom stereocenters. The molecule has 0 rings (SSSR count). The minimum Gasteiger partial charge on any atom is -0.356 e. The first-order valence-corrected chi connectivity index (χ1v) is 14.3. The minimum absolute atomic E-state index is 0.207. The summed E-state index contributed by atoms with van der Waals surface area (Å²) in [6, 6.07) is 0. The highest BCUT2D eigenvalue weighted by molar-refractivity contribution is 5.76. The molecule has 0 saturated heterocycles. The highest BCUT2D eigenvalue weighted by Crippen LogP contribution is 2.10. The van der Waals surface area contributed by atoms with Crippen molar-refractivity contribution in [3.63, 3.8) is 0 Å². The molecule has 35 heavy (non-hydrogen) atoms. The highest BCUT2D eigenvalue weighted by atomic mass is 16.2. The third kappa shape index (κ3) is 28.7. The van der Waals surface area contributed by atoms with Gasteiger partial charge in [-0.05, 0) is 65.6 Å². The van der Waals surface area contributed by atoms with Gasteiger partial charge in [0.2, 0.25) is 11.8 Å². The van der Waals surface area contributed by atoms with E-state index < -0.39 is 0 Å². The maximum atomic E-state index is 11.8. The Morgan fingerprint density at radius 1 is 0.629 bits per heavy atom. The number of quaternary nitrogens is 1. The molecule has 0 unspecified atom stereocenters. The summed E-state index contributed by atoms with van der Waals surface area (Å²) in [5.74, 6) is 0.421. The van der Waals surface area contributed by atoms with Gasteiger partial charge in [-0.25, -0.2) is 0 Å². The van der Waals surface area contributed by atoms with Crippen molar-refractivity contribution in [3.8, 4) is 0 Å². The lowest BCUT2D eigenvalue weighted by molar-refractivity contribution is -0.870. The van der Waals surface area contributed by atoms with Gasteiger partial charge in [-0.2, -0.15) is 0 Å². The van der Waals surface area contributed by atoms with E-state index in [0.29, 0.717) is 12.8 Å². The molecule has 0 aromatic heterocycles. The van der Waals surface area contributed by atoms with Gasteiger partial charge in [-0.1, -0.05) is 50.7 Å². The number of allylic oxidation sites excluding steroid dienone is 2. The standard InChI is InChI=1S/C29H58N4O2/c1-32(2)26-20-24-30-28(34)22-18-16-14-12-10-8-6-7-9-11-13-15-17-19-23-29(35)31-25-21-27-33(3,4)5/h6-7H,8-27H2,1-5H3,(H-,30,31,34,35)/p+1/b7-6+. The topological polar surface area (TPSA) is 61.4 Å². The molecule has 0 fully saturated rings. The van der Waals surface area contributed by atoms with Gasteiger partial charge < -0.3 is 20.0 Å². The van der Waals surface area contributed by atoms with Crippen LogP contribution < -0.4 is 10.6 Å². The van der Waals surface area contributed by atoms with E-state index in [-0.39, 0.29) is 11.8 Å². The highest BCUT2D eigenvalue weighted by Gasteiger charge is 2.06. The lowest BCUT2D eigenvalue weighted by Crippen LogP contribution is -2.37. The van der Waals surface area contributed by atoms with Crippen molar-refractivity contribution in [2.45, 2.75) is 103 Å². The number of carbonyl (C=O) groups is 2. The fourth-order valence-electron chi connectivity index (χ4n) is 3.97. The summed E-state index contributed by atoms with van der Waals surface area (Å²) < 4.78 is 0.950. The second kappa shape index (κ2) is 23.0. The van der Waals surface area contributed by atoms with Gasteiger partial charge in [0.1, 0.15) is 0 Å². The van der Waals surface area contributed by atoms with Crippen LogP contribution in [0.5, 0.6) is 0 Å². The van der Waals surface area contributed by atoms with Gasteiger partial charge in [0.15, 0.2) is 0 Å². The summed E-state index contributed by atoms with van der Waals surface area (Å²) in [4.78, 5) is 25.8. The third-order valence-electron chi connectivity index (χ3n) is 6.15. The Morgan fingerprint density at radius 2 is 1.06 bits per heavy atom. The molecular weight excluding hydrogens is 436 g/mol. The second-order valence-corrected chi connectivity index (χ2v) is 11.3. The number of nitrogens with one attached hydrogen (secondary N) is 2. The number of hydrogen-bond acceptors (Lipinski definition) is 3. The number of hydrogen-bond donors (Lipinski definition) is 2. The molecule has 2 N–H and O–H groups in total. The minimum atomic E-state index is 0.207. The number of rotatable bonds is 24. The average molecular weight is 496 g/mol. The van der Waals surface area contributed by atoms with Crippen LogP contribution in [0.4, 0.5) is 0 Å². The van der Waals surface area contributed by atoms with Gasteiger partial charge in [0.05, 0.1) is 27.7 Å². The lowest BCUT2D eigenvalue weighted by Gasteiger charge is -2.23. The van der Waals surface area contributed by atoms with Crippen molar-refractivity contribution in [2.24, 2.45) is 0 Å². The van der Waals surface area contributed by atoms with E-state index in [4.69, 9.17) is 0 Å². The van der Waals surface area contributed by atoms with Crippen LogP contribution in [0, 0.1) is 0 Å². The molecule has 6 heteroatoms. The first kappa shape index (κ1) is 33.6. The summed E-state index contributed by atoms with van der Waals surface area (Å²) in [6.45, 7) is 3.71. The van der Waals surface area contributed by atoms with Crippen LogP contribution in [0.1, 0.15) is 103 Å². The lowest BCUT2D eigenvalue weighted by atomic mass is 10.1. The first-order chi connectivity index (χ1) is 16.7. The van der Waals surface area contributed by atoms with E-state index in [1.807, 2.05) is 0 Å².